The molecule has 118 valence electrons. The predicted octanol–water partition coefficient (Wildman–Crippen LogP) is 3.94. The van der Waals surface area contributed by atoms with Crippen molar-refractivity contribution >= 4 is 21.9 Å². The van der Waals surface area contributed by atoms with Crippen LogP contribution in [0.15, 0.2) is 21.1 Å². The Bertz CT molecular complexity index is 708. The van der Waals surface area contributed by atoms with Crippen LogP contribution in [0.25, 0.3) is 11.3 Å². The average Bonchev–Trinajstić information content (AvgIpc) is 2.95. The summed E-state index contributed by atoms with van der Waals surface area (Å²) in [4.78, 5) is 11.0. The van der Waals surface area contributed by atoms with Gasteiger partial charge in [-0.25, -0.2) is 4.79 Å². The van der Waals surface area contributed by atoms with Gasteiger partial charge in [0, 0.05) is 6.07 Å². The van der Waals surface area contributed by atoms with Gasteiger partial charge in [-0.3, -0.25) is 0 Å². The number of hydrogen-bond acceptors (Lipinski definition) is 5. The molecule has 0 bridgehead atoms. The molecule has 1 heterocycles. The van der Waals surface area contributed by atoms with Gasteiger partial charge in [0.2, 0.25) is 0 Å². The second-order valence-electron chi connectivity index (χ2n) is 4.93. The number of aromatic carboxylic acids is 1. The maximum Gasteiger partial charge on any atom is 0.358 e. The minimum absolute atomic E-state index is 0.157. The summed E-state index contributed by atoms with van der Waals surface area (Å²) in [5, 5.41) is 12.5. The molecule has 0 aliphatic rings. The molecule has 0 fully saturated rings. The largest absolute Gasteiger partial charge is 0.495 e. The van der Waals surface area contributed by atoms with Crippen molar-refractivity contribution < 1.29 is 23.9 Å². The van der Waals surface area contributed by atoms with E-state index >= 15 is 0 Å². The van der Waals surface area contributed by atoms with Gasteiger partial charge in [-0.15, -0.1) is 0 Å². The molecule has 6 nitrogen and oxygen atoms in total. The van der Waals surface area contributed by atoms with Crippen LogP contribution in [0.4, 0.5) is 0 Å². The standard InChI is InChI=1S/C15H16BrNO5/c1-7(2)8-5-9(11-6-10(15(18)19)17-22-11)14(21-4)12(16)13(8)20-3/h5-7H,1-4H3,(H,18,19). The summed E-state index contributed by atoms with van der Waals surface area (Å²) in [5.41, 5.74) is 1.40. The fourth-order valence-corrected chi connectivity index (χ4v) is 2.92. The summed E-state index contributed by atoms with van der Waals surface area (Å²) in [5.74, 6) is 0.533. The molecule has 0 amide bonds. The maximum absolute atomic E-state index is 11.0. The van der Waals surface area contributed by atoms with Crippen LogP contribution in [0.3, 0.4) is 0 Å². The van der Waals surface area contributed by atoms with Crippen LogP contribution in [-0.4, -0.2) is 30.5 Å². The van der Waals surface area contributed by atoms with Crippen LogP contribution in [0.1, 0.15) is 35.8 Å². The number of methoxy groups -OCH3 is 2. The fourth-order valence-electron chi connectivity index (χ4n) is 2.16. The molecular weight excluding hydrogens is 354 g/mol. The number of ether oxygens (including phenoxy) is 2. The molecule has 0 radical (unpaired) electrons. The van der Waals surface area contributed by atoms with Crippen LogP contribution in [0.5, 0.6) is 11.5 Å². The zero-order valence-corrected chi connectivity index (χ0v) is 14.2. The van der Waals surface area contributed by atoms with Gasteiger partial charge in [-0.1, -0.05) is 19.0 Å². The van der Waals surface area contributed by atoms with E-state index in [0.29, 0.717) is 27.3 Å². The summed E-state index contributed by atoms with van der Waals surface area (Å²) in [6, 6.07) is 3.22. The molecule has 0 spiro atoms. The molecular formula is C15H16BrNO5. The number of carboxylic acid groups (broad SMARTS) is 1. The van der Waals surface area contributed by atoms with E-state index in [1.54, 1.807) is 7.11 Å². The Hall–Kier alpha value is -2.02. The lowest BCUT2D eigenvalue weighted by Gasteiger charge is -2.18. The highest BCUT2D eigenvalue weighted by Gasteiger charge is 2.23. The number of aromatic nitrogens is 1. The van der Waals surface area contributed by atoms with Crippen LogP contribution in [-0.2, 0) is 0 Å². The second-order valence-corrected chi connectivity index (χ2v) is 5.72. The number of hydrogen-bond donors (Lipinski definition) is 1. The van der Waals surface area contributed by atoms with E-state index in [9.17, 15) is 4.79 Å². The van der Waals surface area contributed by atoms with Gasteiger partial charge in [0.15, 0.2) is 11.5 Å². The Morgan fingerprint density at radius 1 is 1.27 bits per heavy atom. The van der Waals surface area contributed by atoms with Crippen molar-refractivity contribution in [2.45, 2.75) is 19.8 Å². The third-order valence-electron chi connectivity index (χ3n) is 3.23. The molecule has 0 aliphatic heterocycles. The highest BCUT2D eigenvalue weighted by atomic mass is 79.9. The zero-order chi connectivity index (χ0) is 16.4. The number of carbonyl (C=O) groups is 1. The van der Waals surface area contributed by atoms with Gasteiger partial charge >= 0.3 is 5.97 Å². The van der Waals surface area contributed by atoms with Crippen LogP contribution in [0, 0.1) is 0 Å². The lowest BCUT2D eigenvalue weighted by Crippen LogP contribution is -1.99. The molecule has 7 heteroatoms. The van der Waals surface area contributed by atoms with E-state index in [1.807, 2.05) is 19.9 Å². The zero-order valence-electron chi connectivity index (χ0n) is 12.6. The monoisotopic (exact) mass is 369 g/mol. The molecule has 0 atom stereocenters. The van der Waals surface area contributed by atoms with Crippen molar-refractivity contribution in [3.05, 3.63) is 27.9 Å². The van der Waals surface area contributed by atoms with E-state index in [1.165, 1.54) is 13.2 Å². The Labute approximate surface area is 136 Å². The minimum Gasteiger partial charge on any atom is -0.495 e. The van der Waals surface area contributed by atoms with Gasteiger partial charge in [-0.2, -0.15) is 0 Å². The van der Waals surface area contributed by atoms with Crippen molar-refractivity contribution in [3.63, 3.8) is 0 Å². The average molecular weight is 370 g/mol. The molecule has 0 unspecified atom stereocenters. The molecule has 0 saturated heterocycles. The quantitative estimate of drug-likeness (QED) is 0.859. The van der Waals surface area contributed by atoms with E-state index in [4.69, 9.17) is 19.1 Å². The minimum atomic E-state index is -1.15. The first-order valence-corrected chi connectivity index (χ1v) is 7.34. The predicted molar refractivity (Wildman–Crippen MR) is 83.8 cm³/mol. The summed E-state index contributed by atoms with van der Waals surface area (Å²) in [6.45, 7) is 4.06. The topological polar surface area (TPSA) is 81.8 Å². The molecule has 0 saturated carbocycles. The molecule has 1 aromatic carbocycles. The van der Waals surface area contributed by atoms with Crippen molar-refractivity contribution in [1.82, 2.24) is 5.16 Å². The number of nitrogens with zero attached hydrogens (tertiary/aromatic N) is 1. The summed E-state index contributed by atoms with van der Waals surface area (Å²) in [7, 11) is 3.11. The third kappa shape index (κ3) is 2.81. The molecule has 2 aromatic rings. The van der Waals surface area contributed by atoms with E-state index in [0.717, 1.165) is 5.56 Å². The number of halogens is 1. The summed E-state index contributed by atoms with van der Waals surface area (Å²) in [6.07, 6.45) is 0. The SMILES string of the molecule is COc1c(-c2cc(C(=O)O)no2)cc(C(C)C)c(OC)c1Br. The first-order chi connectivity index (χ1) is 10.4. The molecule has 1 N–H and O–H groups in total. The normalized spacial score (nSPS) is 10.8. The summed E-state index contributed by atoms with van der Waals surface area (Å²) >= 11 is 3.48. The third-order valence-corrected chi connectivity index (χ3v) is 3.95. The smallest absolute Gasteiger partial charge is 0.358 e. The molecule has 0 aliphatic carbocycles. The van der Waals surface area contributed by atoms with Gasteiger partial charge in [-0.05, 0) is 33.5 Å². The Kier molecular flexibility index (Phi) is 4.75. The Morgan fingerprint density at radius 3 is 2.36 bits per heavy atom. The number of carboxylic acids is 1. The van der Waals surface area contributed by atoms with Crippen LogP contribution in [0.2, 0.25) is 0 Å². The molecule has 1 aromatic heterocycles. The second kappa shape index (κ2) is 6.39. The molecule has 2 rings (SSSR count). The van der Waals surface area contributed by atoms with Gasteiger partial charge < -0.3 is 19.1 Å². The van der Waals surface area contributed by atoms with E-state index in [2.05, 4.69) is 21.1 Å². The Balaban J connectivity index is 2.70. The van der Waals surface area contributed by atoms with Crippen LogP contribution >= 0.6 is 15.9 Å². The first kappa shape index (κ1) is 16.4. The van der Waals surface area contributed by atoms with Crippen molar-refractivity contribution in [2.24, 2.45) is 0 Å². The van der Waals surface area contributed by atoms with Gasteiger partial charge in [0.05, 0.1) is 19.8 Å². The molecule has 22 heavy (non-hydrogen) atoms. The van der Waals surface area contributed by atoms with E-state index in [-0.39, 0.29) is 11.6 Å². The highest BCUT2D eigenvalue weighted by Crippen LogP contribution is 2.46. The number of rotatable bonds is 5. The maximum atomic E-state index is 11.0. The number of benzene rings is 1. The van der Waals surface area contributed by atoms with Crippen molar-refractivity contribution in [3.8, 4) is 22.8 Å². The highest BCUT2D eigenvalue weighted by molar-refractivity contribution is 9.10. The first-order valence-electron chi connectivity index (χ1n) is 6.55. The van der Waals surface area contributed by atoms with Gasteiger partial charge in [0.25, 0.3) is 0 Å². The van der Waals surface area contributed by atoms with Crippen molar-refractivity contribution in [2.75, 3.05) is 14.2 Å². The summed E-state index contributed by atoms with van der Waals surface area (Å²) < 4.78 is 16.7. The van der Waals surface area contributed by atoms with Crippen LogP contribution < -0.4 is 9.47 Å². The van der Waals surface area contributed by atoms with E-state index < -0.39 is 5.97 Å². The Morgan fingerprint density at radius 2 is 1.91 bits per heavy atom. The lowest BCUT2D eigenvalue weighted by molar-refractivity contribution is 0.0686. The van der Waals surface area contributed by atoms with Gasteiger partial charge in [0.1, 0.15) is 16.0 Å². The fraction of sp³-hybridized carbons (Fsp3) is 0.333. The lowest BCUT2D eigenvalue weighted by atomic mass is 9.97. The van der Waals surface area contributed by atoms with Crippen molar-refractivity contribution in [1.29, 1.82) is 0 Å².